The van der Waals surface area contributed by atoms with Crippen LogP contribution in [0.3, 0.4) is 0 Å². The van der Waals surface area contributed by atoms with Gasteiger partial charge in [-0.15, -0.1) is 0 Å². The normalized spacial score (nSPS) is 20.2. The van der Waals surface area contributed by atoms with Gasteiger partial charge in [0.2, 0.25) is 17.7 Å². The molecule has 0 spiro atoms. The van der Waals surface area contributed by atoms with E-state index in [1.807, 2.05) is 0 Å². The molecule has 0 bridgehead atoms. The fourth-order valence-electron chi connectivity index (χ4n) is 3.82. The molecule has 1 saturated heterocycles. The number of nitrogens with one attached hydrogen (secondary N) is 2. The first-order chi connectivity index (χ1) is 15.7. The van der Waals surface area contributed by atoms with Gasteiger partial charge in [0.15, 0.2) is 11.6 Å². The van der Waals surface area contributed by atoms with E-state index in [-0.39, 0.29) is 36.3 Å². The smallest absolute Gasteiger partial charge is 0.243 e. The van der Waals surface area contributed by atoms with Crippen LogP contribution < -0.4 is 15.4 Å². The zero-order chi connectivity index (χ0) is 24.0. The van der Waals surface area contributed by atoms with Crippen LogP contribution in [0.15, 0.2) is 18.2 Å². The highest BCUT2D eigenvalue weighted by Crippen LogP contribution is 2.34. The van der Waals surface area contributed by atoms with Gasteiger partial charge in [-0.1, -0.05) is 13.0 Å². The maximum Gasteiger partial charge on any atom is 0.243 e. The Bertz CT molecular complexity index is 876. The van der Waals surface area contributed by atoms with Crippen molar-refractivity contribution >= 4 is 17.7 Å². The van der Waals surface area contributed by atoms with Crippen LogP contribution in [-0.2, 0) is 20.0 Å². The Morgan fingerprint density at radius 3 is 2.76 bits per heavy atom. The summed E-state index contributed by atoms with van der Waals surface area (Å²) in [5.41, 5.74) is -0.972. The van der Waals surface area contributed by atoms with E-state index in [2.05, 4.69) is 10.6 Å². The Balaban J connectivity index is 1.49. The summed E-state index contributed by atoms with van der Waals surface area (Å²) in [5, 5.41) is 16.6. The third-order valence-corrected chi connectivity index (χ3v) is 6.39. The number of carbonyl (C=O) groups is 3. The first-order valence-corrected chi connectivity index (χ1v) is 11.7. The lowest BCUT2D eigenvalue weighted by molar-refractivity contribution is -0.137. The van der Waals surface area contributed by atoms with E-state index in [1.54, 1.807) is 18.9 Å². The van der Waals surface area contributed by atoms with Crippen LogP contribution in [0.1, 0.15) is 57.4 Å². The molecule has 1 aromatic rings. The lowest BCUT2D eigenvalue weighted by Gasteiger charge is -2.30. The monoisotopic (exact) mass is 463 g/mol. The predicted molar refractivity (Wildman–Crippen MR) is 120 cm³/mol. The molecule has 182 valence electrons. The molecule has 1 aliphatic carbocycles. The molecule has 3 amide bonds. The number of benzene rings is 1. The molecule has 1 heterocycles. The van der Waals surface area contributed by atoms with E-state index >= 15 is 0 Å². The summed E-state index contributed by atoms with van der Waals surface area (Å²) >= 11 is 0. The SMILES string of the molecule is CCC(O)(CC(=O)N(C)CCCNC1CCC(=O)NC1=O)c1ccc(F)c(OCC2CC2)c1. The maximum absolute atomic E-state index is 14.1. The van der Waals surface area contributed by atoms with Crippen LogP contribution in [0, 0.1) is 11.7 Å². The topological polar surface area (TPSA) is 108 Å². The molecule has 1 aromatic carbocycles. The number of halogens is 1. The number of piperidine rings is 1. The highest BCUT2D eigenvalue weighted by atomic mass is 19.1. The number of imide groups is 1. The lowest BCUT2D eigenvalue weighted by atomic mass is 9.87. The summed E-state index contributed by atoms with van der Waals surface area (Å²) in [7, 11) is 1.67. The van der Waals surface area contributed by atoms with Crippen molar-refractivity contribution in [3.05, 3.63) is 29.6 Å². The molecule has 2 unspecified atom stereocenters. The molecule has 2 aliphatic rings. The molecular weight excluding hydrogens is 429 g/mol. The minimum absolute atomic E-state index is 0.103. The van der Waals surface area contributed by atoms with E-state index < -0.39 is 17.5 Å². The maximum atomic E-state index is 14.1. The molecule has 2 atom stereocenters. The number of hydrogen-bond donors (Lipinski definition) is 3. The van der Waals surface area contributed by atoms with Crippen LogP contribution in [0.25, 0.3) is 0 Å². The molecular formula is C24H34FN3O5. The van der Waals surface area contributed by atoms with Gasteiger partial charge in [-0.05, 0) is 62.3 Å². The molecule has 3 rings (SSSR count). The lowest BCUT2D eigenvalue weighted by Crippen LogP contribution is -2.51. The van der Waals surface area contributed by atoms with Crippen LogP contribution in [-0.4, -0.2) is 60.5 Å². The van der Waals surface area contributed by atoms with Crippen molar-refractivity contribution < 1.29 is 28.6 Å². The first-order valence-electron chi connectivity index (χ1n) is 11.7. The molecule has 0 radical (unpaired) electrons. The van der Waals surface area contributed by atoms with Gasteiger partial charge in [0.25, 0.3) is 0 Å². The van der Waals surface area contributed by atoms with Crippen LogP contribution in [0.5, 0.6) is 5.75 Å². The van der Waals surface area contributed by atoms with Crippen LogP contribution in [0.2, 0.25) is 0 Å². The quantitative estimate of drug-likeness (QED) is 0.323. The minimum atomic E-state index is -1.43. The average molecular weight is 464 g/mol. The van der Waals surface area contributed by atoms with Gasteiger partial charge in [-0.2, -0.15) is 0 Å². The van der Waals surface area contributed by atoms with Gasteiger partial charge >= 0.3 is 0 Å². The largest absolute Gasteiger partial charge is 0.490 e. The molecule has 3 N–H and O–H groups in total. The summed E-state index contributed by atoms with van der Waals surface area (Å²) in [5.74, 6) is -0.711. The van der Waals surface area contributed by atoms with Crippen molar-refractivity contribution in [3.63, 3.8) is 0 Å². The average Bonchev–Trinajstić information content (AvgIpc) is 3.61. The minimum Gasteiger partial charge on any atom is -0.490 e. The van der Waals surface area contributed by atoms with Gasteiger partial charge < -0.3 is 20.1 Å². The fourth-order valence-corrected chi connectivity index (χ4v) is 3.82. The molecule has 33 heavy (non-hydrogen) atoms. The number of nitrogens with zero attached hydrogens (tertiary/aromatic N) is 1. The van der Waals surface area contributed by atoms with Crippen molar-refractivity contribution in [3.8, 4) is 5.75 Å². The second-order valence-corrected chi connectivity index (χ2v) is 9.09. The van der Waals surface area contributed by atoms with Crippen LogP contribution in [0.4, 0.5) is 4.39 Å². The summed E-state index contributed by atoms with van der Waals surface area (Å²) in [6.07, 6.45) is 3.72. The van der Waals surface area contributed by atoms with E-state index in [0.29, 0.717) is 50.4 Å². The zero-order valence-corrected chi connectivity index (χ0v) is 19.4. The van der Waals surface area contributed by atoms with Gasteiger partial charge in [0, 0.05) is 20.0 Å². The first kappa shape index (κ1) is 25.1. The second kappa shape index (κ2) is 11.1. The Labute approximate surface area is 193 Å². The van der Waals surface area contributed by atoms with E-state index in [1.165, 1.54) is 18.2 Å². The van der Waals surface area contributed by atoms with Crippen molar-refractivity contribution in [1.82, 2.24) is 15.5 Å². The summed E-state index contributed by atoms with van der Waals surface area (Å²) in [4.78, 5) is 37.3. The number of amides is 3. The number of hydrogen-bond acceptors (Lipinski definition) is 6. The Hall–Kier alpha value is -2.52. The second-order valence-electron chi connectivity index (χ2n) is 9.09. The van der Waals surface area contributed by atoms with Gasteiger partial charge in [0.1, 0.15) is 0 Å². The van der Waals surface area contributed by atoms with E-state index in [4.69, 9.17) is 4.74 Å². The van der Waals surface area contributed by atoms with Crippen molar-refractivity contribution in [2.45, 2.75) is 63.5 Å². The van der Waals surface area contributed by atoms with Crippen molar-refractivity contribution in [2.75, 3.05) is 26.7 Å². The molecule has 1 aliphatic heterocycles. The fraction of sp³-hybridized carbons (Fsp3) is 0.625. The number of aliphatic hydroxyl groups is 1. The molecule has 2 fully saturated rings. The molecule has 0 aromatic heterocycles. The number of rotatable bonds is 12. The van der Waals surface area contributed by atoms with Crippen molar-refractivity contribution in [2.24, 2.45) is 5.92 Å². The number of ether oxygens (including phenoxy) is 1. The molecule has 1 saturated carbocycles. The highest BCUT2D eigenvalue weighted by Gasteiger charge is 2.33. The Morgan fingerprint density at radius 1 is 1.33 bits per heavy atom. The number of carbonyl (C=O) groups excluding carboxylic acids is 3. The standard InChI is InChI=1S/C24H34FN3O5/c1-3-24(32,17-7-8-18(25)20(13-17)33-15-16-5-6-16)14-22(30)28(2)12-4-11-26-19-9-10-21(29)27-23(19)31/h7-8,13,16,19,26,32H,3-6,9-12,14-15H2,1-2H3,(H,27,29,31). The summed E-state index contributed by atoms with van der Waals surface area (Å²) in [6, 6.07) is 3.87. The van der Waals surface area contributed by atoms with Gasteiger partial charge in [-0.25, -0.2) is 4.39 Å². The van der Waals surface area contributed by atoms with E-state index in [9.17, 15) is 23.9 Å². The summed E-state index contributed by atoms with van der Waals surface area (Å²) < 4.78 is 19.7. The summed E-state index contributed by atoms with van der Waals surface area (Å²) in [6.45, 7) is 3.20. The predicted octanol–water partition coefficient (Wildman–Crippen LogP) is 1.85. The Kier molecular flexibility index (Phi) is 8.42. The molecule has 8 nitrogen and oxygen atoms in total. The van der Waals surface area contributed by atoms with Gasteiger partial charge in [-0.3, -0.25) is 19.7 Å². The third kappa shape index (κ3) is 6.98. The third-order valence-electron chi connectivity index (χ3n) is 6.39. The highest BCUT2D eigenvalue weighted by molar-refractivity contribution is 6.00. The van der Waals surface area contributed by atoms with Crippen molar-refractivity contribution in [1.29, 1.82) is 0 Å². The van der Waals surface area contributed by atoms with E-state index in [0.717, 1.165) is 12.8 Å². The van der Waals surface area contributed by atoms with Gasteiger partial charge in [0.05, 0.1) is 24.7 Å². The zero-order valence-electron chi connectivity index (χ0n) is 19.4. The molecule has 9 heteroatoms. The Morgan fingerprint density at radius 2 is 2.09 bits per heavy atom. The van der Waals surface area contributed by atoms with Crippen LogP contribution >= 0.6 is 0 Å².